The normalized spacial score (nSPS) is 13.4. The van der Waals surface area contributed by atoms with Crippen LogP contribution in [0.25, 0.3) is 0 Å². The van der Waals surface area contributed by atoms with Crippen molar-refractivity contribution in [2.45, 2.75) is 6.29 Å². The van der Waals surface area contributed by atoms with Gasteiger partial charge in [0.25, 0.3) is 0 Å². The van der Waals surface area contributed by atoms with Gasteiger partial charge < -0.3 is 15.5 Å². The molecule has 0 aromatic carbocycles. The zero-order valence-electron chi connectivity index (χ0n) is 7.15. The van der Waals surface area contributed by atoms with Crippen molar-refractivity contribution < 1.29 is 10.2 Å². The first-order chi connectivity index (χ1) is 5.65. The summed E-state index contributed by atoms with van der Waals surface area (Å²) in [6, 6.07) is 0. The van der Waals surface area contributed by atoms with Crippen LogP contribution in [0.2, 0.25) is 0 Å². The average Bonchev–Trinajstić information content (AvgIpc) is 2.06. The minimum atomic E-state index is -1.58. The van der Waals surface area contributed by atoms with E-state index in [4.69, 9.17) is 10.2 Å². The minimum Gasteiger partial charge on any atom is -0.373 e. The summed E-state index contributed by atoms with van der Waals surface area (Å²) >= 11 is 0. The van der Waals surface area contributed by atoms with Gasteiger partial charge in [0, 0.05) is 20.2 Å². The molecule has 0 amide bonds. The van der Waals surface area contributed by atoms with Crippen LogP contribution in [0.3, 0.4) is 0 Å². The van der Waals surface area contributed by atoms with E-state index in [1.807, 2.05) is 0 Å². The van der Waals surface area contributed by atoms with Gasteiger partial charge >= 0.3 is 0 Å². The number of rotatable bonds is 4. The van der Waals surface area contributed by atoms with Crippen molar-refractivity contribution >= 4 is 12.4 Å². The van der Waals surface area contributed by atoms with Gasteiger partial charge in [-0.3, -0.25) is 4.99 Å². The van der Waals surface area contributed by atoms with Gasteiger partial charge in [0.1, 0.15) is 5.82 Å². The first kappa shape index (κ1) is 10.8. The molecule has 0 aromatic rings. The summed E-state index contributed by atoms with van der Waals surface area (Å²) in [4.78, 5) is 7.21. The van der Waals surface area contributed by atoms with Crippen LogP contribution < -0.4 is 5.32 Å². The van der Waals surface area contributed by atoms with Crippen LogP contribution in [0.15, 0.2) is 21.9 Å². The predicted molar refractivity (Wildman–Crippen MR) is 48.3 cm³/mol. The highest BCUT2D eigenvalue weighted by atomic mass is 16.5. The lowest BCUT2D eigenvalue weighted by atomic mass is 10.3. The Labute approximate surface area is 71.2 Å². The smallest absolute Gasteiger partial charge is 0.195 e. The van der Waals surface area contributed by atoms with E-state index in [9.17, 15) is 0 Å². The molecule has 0 spiro atoms. The molecule has 0 atom stereocenters. The van der Waals surface area contributed by atoms with Gasteiger partial charge in [-0.05, 0) is 6.72 Å². The average molecular weight is 171 g/mol. The molecular weight excluding hydrogens is 158 g/mol. The van der Waals surface area contributed by atoms with Crippen LogP contribution in [0, 0.1) is 0 Å². The Morgan fingerprint density at radius 2 is 2.17 bits per heavy atom. The summed E-state index contributed by atoms with van der Waals surface area (Å²) in [7, 11) is 3.11. The van der Waals surface area contributed by atoms with E-state index in [-0.39, 0.29) is 5.71 Å². The van der Waals surface area contributed by atoms with Crippen LogP contribution >= 0.6 is 0 Å². The Morgan fingerprint density at radius 3 is 2.42 bits per heavy atom. The lowest BCUT2D eigenvalue weighted by molar-refractivity contribution is 0.0203. The Hall–Kier alpha value is -1.20. The number of hydrogen-bond acceptors (Lipinski definition) is 5. The monoisotopic (exact) mass is 171 g/mol. The van der Waals surface area contributed by atoms with E-state index in [2.05, 4.69) is 22.0 Å². The van der Waals surface area contributed by atoms with E-state index in [1.54, 1.807) is 7.05 Å². The van der Waals surface area contributed by atoms with Gasteiger partial charge in [-0.15, -0.1) is 0 Å². The second kappa shape index (κ2) is 5.45. The Bertz CT molecular complexity index is 209. The van der Waals surface area contributed by atoms with E-state index >= 15 is 0 Å². The van der Waals surface area contributed by atoms with E-state index in [1.165, 1.54) is 13.1 Å². The molecule has 0 heterocycles. The SMILES string of the molecule is C=N/C(=C\C(=N/C)C(O)O)NC. The first-order valence-electron chi connectivity index (χ1n) is 3.34. The lowest BCUT2D eigenvalue weighted by Crippen LogP contribution is -2.19. The van der Waals surface area contributed by atoms with Crippen molar-refractivity contribution in [2.24, 2.45) is 9.98 Å². The topological polar surface area (TPSA) is 77.2 Å². The molecule has 0 saturated heterocycles. The molecule has 0 aliphatic carbocycles. The van der Waals surface area contributed by atoms with E-state index in [0.29, 0.717) is 5.82 Å². The van der Waals surface area contributed by atoms with E-state index in [0.717, 1.165) is 0 Å². The molecule has 0 saturated carbocycles. The van der Waals surface area contributed by atoms with Crippen molar-refractivity contribution in [1.82, 2.24) is 5.32 Å². The fraction of sp³-hybridized carbons (Fsp3) is 0.429. The largest absolute Gasteiger partial charge is 0.373 e. The summed E-state index contributed by atoms with van der Waals surface area (Å²) in [6.45, 7) is 3.28. The minimum absolute atomic E-state index is 0.131. The molecule has 0 fully saturated rings. The second-order valence-corrected chi connectivity index (χ2v) is 1.96. The standard InChI is InChI=1S/C7H13N3O2/c1-8-5(7(11)12)4-6(9-2)10-3/h4,7,10-12H,2H2,1,3H3/b6-4+,8-5+. The Morgan fingerprint density at radius 1 is 1.58 bits per heavy atom. The van der Waals surface area contributed by atoms with Gasteiger partial charge in [-0.1, -0.05) is 0 Å². The van der Waals surface area contributed by atoms with Gasteiger partial charge in [0.15, 0.2) is 6.29 Å². The molecule has 5 heteroatoms. The third-order valence-corrected chi connectivity index (χ3v) is 1.23. The maximum Gasteiger partial charge on any atom is 0.195 e. The van der Waals surface area contributed by atoms with Crippen molar-refractivity contribution in [3.8, 4) is 0 Å². The highest BCUT2D eigenvalue weighted by molar-refractivity contribution is 5.97. The number of aliphatic hydroxyl groups excluding tert-OH is 1. The maximum absolute atomic E-state index is 8.74. The molecular formula is C7H13N3O2. The molecule has 0 radical (unpaired) electrons. The molecule has 12 heavy (non-hydrogen) atoms. The molecule has 0 unspecified atom stereocenters. The van der Waals surface area contributed by atoms with Gasteiger partial charge in [0.2, 0.25) is 0 Å². The zero-order valence-corrected chi connectivity index (χ0v) is 7.15. The number of hydrogen-bond donors (Lipinski definition) is 3. The summed E-state index contributed by atoms with van der Waals surface area (Å²) in [6.07, 6.45) is -0.183. The highest BCUT2D eigenvalue weighted by Crippen LogP contribution is 1.93. The zero-order chi connectivity index (χ0) is 9.56. The number of aliphatic imine (C=N–C) groups is 2. The third kappa shape index (κ3) is 3.27. The van der Waals surface area contributed by atoms with Crippen LogP contribution in [0.5, 0.6) is 0 Å². The number of aliphatic hydroxyl groups is 2. The summed E-state index contributed by atoms with van der Waals surface area (Å²) < 4.78 is 0. The molecule has 5 nitrogen and oxygen atoms in total. The molecule has 3 N–H and O–H groups in total. The first-order valence-corrected chi connectivity index (χ1v) is 3.34. The van der Waals surface area contributed by atoms with Gasteiger partial charge in [-0.2, -0.15) is 0 Å². The van der Waals surface area contributed by atoms with Crippen LogP contribution in [0.1, 0.15) is 0 Å². The Kier molecular flexibility index (Phi) is 4.91. The second-order valence-electron chi connectivity index (χ2n) is 1.96. The lowest BCUT2D eigenvalue weighted by Gasteiger charge is -2.04. The molecule has 0 aliphatic rings. The third-order valence-electron chi connectivity index (χ3n) is 1.23. The molecule has 68 valence electrons. The summed E-state index contributed by atoms with van der Waals surface area (Å²) in [5.41, 5.74) is 0.131. The predicted octanol–water partition coefficient (Wildman–Crippen LogP) is -0.871. The van der Waals surface area contributed by atoms with Crippen LogP contribution in [0.4, 0.5) is 0 Å². The number of nitrogens with zero attached hydrogens (tertiary/aromatic N) is 2. The summed E-state index contributed by atoms with van der Waals surface area (Å²) in [5.74, 6) is 0.434. The quantitative estimate of drug-likeness (QED) is 0.380. The maximum atomic E-state index is 8.74. The molecule has 0 rings (SSSR count). The van der Waals surface area contributed by atoms with Crippen LogP contribution in [-0.2, 0) is 0 Å². The van der Waals surface area contributed by atoms with Crippen molar-refractivity contribution in [3.63, 3.8) is 0 Å². The number of nitrogens with one attached hydrogen (secondary N) is 1. The van der Waals surface area contributed by atoms with Crippen molar-refractivity contribution in [3.05, 3.63) is 11.9 Å². The van der Waals surface area contributed by atoms with Gasteiger partial charge in [0.05, 0.1) is 5.71 Å². The summed E-state index contributed by atoms with van der Waals surface area (Å²) in [5, 5.41) is 20.2. The van der Waals surface area contributed by atoms with Gasteiger partial charge in [-0.25, -0.2) is 4.99 Å². The fourth-order valence-electron chi connectivity index (χ4n) is 0.592. The van der Waals surface area contributed by atoms with E-state index < -0.39 is 6.29 Å². The van der Waals surface area contributed by atoms with Crippen molar-refractivity contribution in [2.75, 3.05) is 14.1 Å². The van der Waals surface area contributed by atoms with Crippen LogP contribution in [-0.4, -0.2) is 43.0 Å². The molecule has 0 aliphatic heterocycles. The highest BCUT2D eigenvalue weighted by Gasteiger charge is 2.04. The van der Waals surface area contributed by atoms with Crippen molar-refractivity contribution in [1.29, 1.82) is 0 Å². The molecule has 0 aromatic heterocycles. The fourth-order valence-corrected chi connectivity index (χ4v) is 0.592. The Balaban J connectivity index is 4.56. The molecule has 0 bridgehead atoms.